The van der Waals surface area contributed by atoms with E-state index in [0.717, 1.165) is 9.87 Å². The summed E-state index contributed by atoms with van der Waals surface area (Å²) in [6.07, 6.45) is 4.16. The fourth-order valence-electron chi connectivity index (χ4n) is 4.28. The van der Waals surface area contributed by atoms with E-state index >= 15 is 0 Å². The molecule has 0 atom stereocenters. The number of nitrogens with one attached hydrogen (secondary N) is 2. The number of hydrogen-bond donors (Lipinski definition) is 3. The summed E-state index contributed by atoms with van der Waals surface area (Å²) in [6, 6.07) is 22.6. The molecule has 3 aromatic carbocycles. The molecule has 5 rings (SSSR count). The minimum Gasteiger partial charge on any atom is -0.497 e. The molecule has 0 fully saturated rings. The smallest absolute Gasteiger partial charge is 0.230 e. The number of fused-ring (bicyclic) bond motifs is 1. The summed E-state index contributed by atoms with van der Waals surface area (Å²) >= 11 is 0. The van der Waals surface area contributed by atoms with Crippen LogP contribution >= 0.6 is 0 Å². The third kappa shape index (κ3) is 6.73. The number of anilines is 5. The molecule has 1 amide bonds. The number of benzene rings is 3. The van der Waals surface area contributed by atoms with E-state index in [1.165, 1.54) is 14.2 Å². The number of rotatable bonds is 11. The molecule has 5 aromatic rings. The predicted octanol–water partition coefficient (Wildman–Crippen LogP) is 5.02. The highest BCUT2D eigenvalue weighted by atomic mass is 32.2. The van der Waals surface area contributed by atoms with Crippen LogP contribution in [0.5, 0.6) is 11.5 Å². The molecule has 0 aliphatic heterocycles. The molecule has 0 saturated carbocycles. The summed E-state index contributed by atoms with van der Waals surface area (Å²) in [5.41, 5.74) is 3.27. The number of para-hydroxylation sites is 2. The van der Waals surface area contributed by atoms with Gasteiger partial charge in [0.25, 0.3) is 0 Å². The summed E-state index contributed by atoms with van der Waals surface area (Å²) in [6.45, 7) is 0. The van der Waals surface area contributed by atoms with Gasteiger partial charge in [-0.15, -0.1) is 0 Å². The van der Waals surface area contributed by atoms with E-state index in [-0.39, 0.29) is 29.7 Å². The van der Waals surface area contributed by atoms with E-state index in [4.69, 9.17) is 14.5 Å². The van der Waals surface area contributed by atoms with E-state index in [2.05, 4.69) is 20.6 Å². The van der Waals surface area contributed by atoms with Crippen molar-refractivity contribution in [1.29, 1.82) is 0 Å². The SMILES string of the molecule is COc1cc(Nc2nc3ccccc3nc2N(c2cccc(NC(=O)CCc3cccnc3)c2)[SH](=O)=O)cc(OC)c1. The molecule has 0 unspecified atom stereocenters. The molecule has 0 bridgehead atoms. The zero-order valence-electron chi connectivity index (χ0n) is 22.9. The van der Waals surface area contributed by atoms with Crippen molar-refractivity contribution in [2.75, 3.05) is 29.2 Å². The molecular weight excluding hydrogens is 556 g/mol. The number of aryl methyl sites for hydroxylation is 1. The predicted molar refractivity (Wildman–Crippen MR) is 162 cm³/mol. The zero-order valence-corrected chi connectivity index (χ0v) is 23.7. The number of carbonyl (C=O) groups excluding carboxylic acids is 1. The number of methoxy groups -OCH3 is 2. The molecule has 2 aromatic heterocycles. The van der Waals surface area contributed by atoms with Gasteiger partial charge in [0.15, 0.2) is 11.6 Å². The molecule has 0 radical (unpaired) electrons. The maximum absolute atomic E-state index is 12.8. The van der Waals surface area contributed by atoms with Crippen LogP contribution in [-0.2, 0) is 22.1 Å². The van der Waals surface area contributed by atoms with Crippen molar-refractivity contribution >= 4 is 56.5 Å². The molecular formula is C30H28N6O5S. The van der Waals surface area contributed by atoms with Gasteiger partial charge < -0.3 is 20.1 Å². The van der Waals surface area contributed by atoms with Crippen LogP contribution in [0.2, 0.25) is 0 Å². The van der Waals surface area contributed by atoms with Crippen LogP contribution in [-0.4, -0.2) is 43.5 Å². The molecule has 12 heteroatoms. The number of thiol groups is 1. The van der Waals surface area contributed by atoms with Crippen LogP contribution in [0.3, 0.4) is 0 Å². The summed E-state index contributed by atoms with van der Waals surface area (Å²) in [5, 5.41) is 6.03. The van der Waals surface area contributed by atoms with Gasteiger partial charge in [0.1, 0.15) is 11.5 Å². The second-order valence-corrected chi connectivity index (χ2v) is 10.00. The first-order chi connectivity index (χ1) is 20.4. The highest BCUT2D eigenvalue weighted by Crippen LogP contribution is 2.35. The van der Waals surface area contributed by atoms with E-state index in [1.807, 2.05) is 18.2 Å². The minimum atomic E-state index is -3.23. The molecule has 11 nitrogen and oxygen atoms in total. The fraction of sp³-hybridized carbons (Fsp3) is 0.133. The van der Waals surface area contributed by atoms with Gasteiger partial charge in [0, 0.05) is 48.4 Å². The molecule has 2 N–H and O–H groups in total. The fourth-order valence-corrected chi connectivity index (χ4v) is 4.88. The topological polar surface area (TPSA) is 136 Å². The summed E-state index contributed by atoms with van der Waals surface area (Å²) < 4.78 is 37.3. The number of amides is 1. The Morgan fingerprint density at radius 3 is 2.26 bits per heavy atom. The lowest BCUT2D eigenvalue weighted by Gasteiger charge is -2.21. The highest BCUT2D eigenvalue weighted by Gasteiger charge is 2.21. The normalized spacial score (nSPS) is 10.8. The second-order valence-electron chi connectivity index (χ2n) is 9.12. The van der Waals surface area contributed by atoms with E-state index in [1.54, 1.807) is 73.1 Å². The van der Waals surface area contributed by atoms with Gasteiger partial charge >= 0.3 is 0 Å². The Kier molecular flexibility index (Phi) is 8.73. The van der Waals surface area contributed by atoms with Crippen molar-refractivity contribution in [3.05, 3.63) is 96.8 Å². The maximum Gasteiger partial charge on any atom is 0.230 e. The third-order valence-corrected chi connectivity index (χ3v) is 7.02. The minimum absolute atomic E-state index is 0.0478. The van der Waals surface area contributed by atoms with Crippen LogP contribution in [0.15, 0.2) is 91.3 Å². The van der Waals surface area contributed by atoms with Crippen LogP contribution < -0.4 is 24.4 Å². The second kappa shape index (κ2) is 13.0. The van der Waals surface area contributed by atoms with Crippen molar-refractivity contribution in [3.63, 3.8) is 0 Å². The number of carbonyl (C=O) groups is 1. The van der Waals surface area contributed by atoms with Gasteiger partial charge in [-0.25, -0.2) is 22.7 Å². The van der Waals surface area contributed by atoms with Crippen molar-refractivity contribution in [3.8, 4) is 11.5 Å². The average molecular weight is 585 g/mol. The van der Waals surface area contributed by atoms with E-state index in [9.17, 15) is 13.2 Å². The van der Waals surface area contributed by atoms with Crippen molar-refractivity contribution in [2.24, 2.45) is 0 Å². The molecule has 0 aliphatic rings. The van der Waals surface area contributed by atoms with Gasteiger partial charge in [-0.05, 0) is 48.4 Å². The van der Waals surface area contributed by atoms with Crippen LogP contribution in [0.4, 0.5) is 28.7 Å². The summed E-state index contributed by atoms with van der Waals surface area (Å²) in [4.78, 5) is 26.1. The largest absolute Gasteiger partial charge is 0.497 e. The van der Waals surface area contributed by atoms with Gasteiger partial charge in [-0.2, -0.15) is 0 Å². The number of aromatic nitrogens is 3. The van der Waals surface area contributed by atoms with Gasteiger partial charge in [0.05, 0.1) is 30.9 Å². The molecule has 214 valence electrons. The molecule has 0 saturated heterocycles. The first kappa shape index (κ1) is 28.3. The Labute approximate surface area is 244 Å². The number of ether oxygens (including phenoxy) is 2. The Morgan fingerprint density at radius 2 is 1.60 bits per heavy atom. The molecule has 42 heavy (non-hydrogen) atoms. The van der Waals surface area contributed by atoms with Crippen molar-refractivity contribution in [1.82, 2.24) is 15.0 Å². The van der Waals surface area contributed by atoms with Gasteiger partial charge in [-0.3, -0.25) is 9.78 Å². The Morgan fingerprint density at radius 1 is 0.857 bits per heavy atom. The average Bonchev–Trinajstić information content (AvgIpc) is 3.00. The van der Waals surface area contributed by atoms with Gasteiger partial charge in [0.2, 0.25) is 16.8 Å². The number of hydrogen-bond acceptors (Lipinski definition) is 9. The lowest BCUT2D eigenvalue weighted by atomic mass is 10.1. The molecule has 0 spiro atoms. The van der Waals surface area contributed by atoms with Crippen molar-refractivity contribution < 1.29 is 22.7 Å². The van der Waals surface area contributed by atoms with Crippen LogP contribution in [0.1, 0.15) is 12.0 Å². The Balaban J connectivity index is 1.49. The van der Waals surface area contributed by atoms with Crippen LogP contribution in [0, 0.1) is 0 Å². The Bertz CT molecular complexity index is 1770. The lowest BCUT2D eigenvalue weighted by Crippen LogP contribution is -2.19. The van der Waals surface area contributed by atoms with E-state index < -0.39 is 10.9 Å². The lowest BCUT2D eigenvalue weighted by molar-refractivity contribution is -0.116. The third-order valence-electron chi connectivity index (χ3n) is 6.27. The first-order valence-corrected chi connectivity index (χ1v) is 14.1. The summed E-state index contributed by atoms with van der Waals surface area (Å²) in [5.74, 6) is 1.09. The first-order valence-electron chi connectivity index (χ1n) is 12.9. The highest BCUT2D eigenvalue weighted by molar-refractivity contribution is 7.74. The number of nitrogens with zero attached hydrogens (tertiary/aromatic N) is 4. The quantitative estimate of drug-likeness (QED) is 0.183. The monoisotopic (exact) mass is 584 g/mol. The Hall–Kier alpha value is -5.23. The van der Waals surface area contributed by atoms with E-state index in [0.29, 0.717) is 40.3 Å². The van der Waals surface area contributed by atoms with Crippen LogP contribution in [0.25, 0.3) is 11.0 Å². The standard InChI is InChI=1S/C30H28N6O5S/c1-40-24-16-22(17-25(18-24)41-2)33-29-30(35-27-11-4-3-10-26(27)34-29)36(42(38)39)23-9-5-8-21(15-23)32-28(37)13-12-20-7-6-14-31-19-20/h3-11,14-19,42H,12-13H2,1-2H3,(H,32,37)(H,33,34). The molecule has 2 heterocycles. The van der Waals surface area contributed by atoms with Gasteiger partial charge in [-0.1, -0.05) is 24.3 Å². The zero-order chi connectivity index (χ0) is 29.5. The van der Waals surface area contributed by atoms with Crippen molar-refractivity contribution in [2.45, 2.75) is 12.8 Å². The maximum atomic E-state index is 12.8. The number of pyridine rings is 1. The summed E-state index contributed by atoms with van der Waals surface area (Å²) in [7, 11) is -0.157. The molecule has 0 aliphatic carbocycles.